The van der Waals surface area contributed by atoms with Gasteiger partial charge in [-0.1, -0.05) is 42.1 Å². The summed E-state index contributed by atoms with van der Waals surface area (Å²) >= 11 is 1.53. The van der Waals surface area contributed by atoms with Gasteiger partial charge in [-0.3, -0.25) is 14.7 Å². The highest BCUT2D eigenvalue weighted by molar-refractivity contribution is 8.15. The molecule has 2 rings (SSSR count). The Hall–Kier alpha value is -1.29. The van der Waals surface area contributed by atoms with Gasteiger partial charge in [0.25, 0.3) is 0 Å². The number of rotatable bonds is 3. The normalized spacial score (nSPS) is 18.4. The number of aliphatic imine (C=N–C) groups is 1. The number of carbonyl (C=O) groups excluding carboxylic acids is 1. The molecule has 0 N–H and O–H groups in total. The van der Waals surface area contributed by atoms with E-state index in [-0.39, 0.29) is 5.91 Å². The Morgan fingerprint density at radius 2 is 2.12 bits per heavy atom. The van der Waals surface area contributed by atoms with Crippen LogP contribution in [0.4, 0.5) is 0 Å². The highest BCUT2D eigenvalue weighted by Gasteiger charge is 2.27. The van der Waals surface area contributed by atoms with Crippen LogP contribution < -0.4 is 0 Å². The van der Waals surface area contributed by atoms with Gasteiger partial charge in [0.1, 0.15) is 0 Å². The molecule has 1 aromatic carbocycles. The van der Waals surface area contributed by atoms with Gasteiger partial charge in [0.2, 0.25) is 5.91 Å². The number of amidine groups is 1. The lowest BCUT2D eigenvalue weighted by Gasteiger charge is -2.15. The quantitative estimate of drug-likeness (QED) is 0.802. The Kier molecular flexibility index (Phi) is 3.62. The molecule has 1 heterocycles. The van der Waals surface area contributed by atoms with Crippen molar-refractivity contribution in [2.24, 2.45) is 4.99 Å². The molecule has 1 aliphatic heterocycles. The molecule has 16 heavy (non-hydrogen) atoms. The number of hydrogen-bond donors (Lipinski definition) is 0. The van der Waals surface area contributed by atoms with Crippen LogP contribution >= 0.6 is 11.8 Å². The van der Waals surface area contributed by atoms with E-state index < -0.39 is 0 Å². The molecule has 1 saturated heterocycles. The predicted octanol–water partition coefficient (Wildman–Crippen LogP) is 2.14. The van der Waals surface area contributed by atoms with Gasteiger partial charge < -0.3 is 0 Å². The molecule has 1 amide bonds. The van der Waals surface area contributed by atoms with Crippen LogP contribution in [0.1, 0.15) is 12.5 Å². The van der Waals surface area contributed by atoms with Gasteiger partial charge in [0.15, 0.2) is 5.17 Å². The maximum absolute atomic E-state index is 11.7. The zero-order chi connectivity index (χ0) is 11.4. The lowest BCUT2D eigenvalue weighted by atomic mass is 10.2. The van der Waals surface area contributed by atoms with Gasteiger partial charge in [-0.25, -0.2) is 0 Å². The molecule has 0 spiro atoms. The topological polar surface area (TPSA) is 32.7 Å². The molecule has 1 aromatic rings. The summed E-state index contributed by atoms with van der Waals surface area (Å²) in [5.41, 5.74) is 1.14. The first-order valence-corrected chi connectivity index (χ1v) is 6.31. The number of carbonyl (C=O) groups is 1. The summed E-state index contributed by atoms with van der Waals surface area (Å²) < 4.78 is 0. The Morgan fingerprint density at radius 3 is 2.81 bits per heavy atom. The van der Waals surface area contributed by atoms with Gasteiger partial charge in [-0.05, 0) is 12.5 Å². The highest BCUT2D eigenvalue weighted by Crippen LogP contribution is 2.21. The van der Waals surface area contributed by atoms with Crippen LogP contribution in [0.15, 0.2) is 35.3 Å². The number of nitrogens with zero attached hydrogens (tertiary/aromatic N) is 2. The molecule has 84 valence electrons. The molecule has 0 unspecified atom stereocenters. The summed E-state index contributed by atoms with van der Waals surface area (Å²) in [6.45, 7) is 3.34. The Morgan fingerprint density at radius 1 is 1.38 bits per heavy atom. The van der Waals surface area contributed by atoms with Gasteiger partial charge in [-0.2, -0.15) is 0 Å². The van der Waals surface area contributed by atoms with Crippen molar-refractivity contribution in [1.29, 1.82) is 0 Å². The minimum absolute atomic E-state index is 0.154. The smallest absolute Gasteiger partial charge is 0.239 e. The van der Waals surface area contributed by atoms with Crippen molar-refractivity contribution in [2.45, 2.75) is 13.5 Å². The fraction of sp³-hybridized carbons (Fsp3) is 0.333. The third-order valence-corrected chi connectivity index (χ3v) is 3.33. The average molecular weight is 234 g/mol. The predicted molar refractivity (Wildman–Crippen MR) is 67.4 cm³/mol. The van der Waals surface area contributed by atoms with Gasteiger partial charge >= 0.3 is 0 Å². The van der Waals surface area contributed by atoms with Crippen LogP contribution in [0, 0.1) is 0 Å². The summed E-state index contributed by atoms with van der Waals surface area (Å²) in [6.07, 6.45) is 0. The number of thioether (sulfide) groups is 1. The molecule has 0 aromatic heterocycles. The number of hydrogen-bond acceptors (Lipinski definition) is 3. The van der Waals surface area contributed by atoms with Crippen molar-refractivity contribution in [3.8, 4) is 0 Å². The van der Waals surface area contributed by atoms with Crippen molar-refractivity contribution in [3.63, 3.8) is 0 Å². The summed E-state index contributed by atoms with van der Waals surface area (Å²) in [6, 6.07) is 10.0. The molecule has 0 atom stereocenters. The van der Waals surface area contributed by atoms with Gasteiger partial charge in [0.05, 0.1) is 12.3 Å². The molecule has 1 fully saturated rings. The molecule has 0 radical (unpaired) electrons. The van der Waals surface area contributed by atoms with Gasteiger partial charge in [-0.15, -0.1) is 0 Å². The van der Waals surface area contributed by atoms with E-state index in [1.165, 1.54) is 11.8 Å². The molecular formula is C12H14N2OS. The average Bonchev–Trinajstić information content (AvgIpc) is 2.64. The molecule has 0 aliphatic carbocycles. The molecule has 0 saturated carbocycles. The second-order valence-electron chi connectivity index (χ2n) is 3.51. The zero-order valence-electron chi connectivity index (χ0n) is 9.22. The van der Waals surface area contributed by atoms with Crippen molar-refractivity contribution in [1.82, 2.24) is 4.90 Å². The van der Waals surface area contributed by atoms with Crippen molar-refractivity contribution < 1.29 is 4.79 Å². The van der Waals surface area contributed by atoms with Crippen LogP contribution in [0.3, 0.4) is 0 Å². The van der Waals surface area contributed by atoms with Crippen LogP contribution in [-0.2, 0) is 11.3 Å². The van der Waals surface area contributed by atoms with E-state index in [9.17, 15) is 4.79 Å². The van der Waals surface area contributed by atoms with Crippen LogP contribution in [-0.4, -0.2) is 28.3 Å². The first-order valence-electron chi connectivity index (χ1n) is 5.33. The minimum Gasteiger partial charge on any atom is -0.286 e. The fourth-order valence-electron chi connectivity index (χ4n) is 1.58. The molecular weight excluding hydrogens is 220 g/mol. The van der Waals surface area contributed by atoms with Crippen LogP contribution in [0.25, 0.3) is 0 Å². The lowest BCUT2D eigenvalue weighted by Crippen LogP contribution is -2.29. The standard InChI is InChI=1S/C12H14N2OS/c1-2-13-12-14(11(15)9-16-12)8-10-6-4-3-5-7-10/h3-7H,2,8-9H2,1H3. The summed E-state index contributed by atoms with van der Waals surface area (Å²) in [5, 5.41) is 0.858. The van der Waals surface area contributed by atoms with E-state index in [1.807, 2.05) is 37.3 Å². The first-order chi connectivity index (χ1) is 7.81. The van der Waals surface area contributed by atoms with E-state index in [2.05, 4.69) is 4.99 Å². The van der Waals surface area contributed by atoms with E-state index in [0.29, 0.717) is 12.3 Å². The summed E-state index contributed by atoms with van der Waals surface area (Å²) in [4.78, 5) is 17.8. The maximum atomic E-state index is 11.7. The third-order valence-electron chi connectivity index (χ3n) is 2.33. The van der Waals surface area contributed by atoms with Gasteiger partial charge in [0, 0.05) is 6.54 Å². The Balaban J connectivity index is 2.13. The second-order valence-corrected chi connectivity index (χ2v) is 4.45. The minimum atomic E-state index is 0.154. The Labute approximate surface area is 99.6 Å². The summed E-state index contributed by atoms with van der Waals surface area (Å²) in [5.74, 6) is 0.673. The lowest BCUT2D eigenvalue weighted by molar-refractivity contribution is -0.124. The van der Waals surface area contributed by atoms with Crippen molar-refractivity contribution in [3.05, 3.63) is 35.9 Å². The van der Waals surface area contributed by atoms with Crippen LogP contribution in [0.5, 0.6) is 0 Å². The molecule has 3 nitrogen and oxygen atoms in total. The fourth-order valence-corrected chi connectivity index (χ4v) is 2.53. The maximum Gasteiger partial charge on any atom is 0.239 e. The number of amides is 1. The van der Waals surface area contributed by atoms with Crippen molar-refractivity contribution in [2.75, 3.05) is 12.3 Å². The van der Waals surface area contributed by atoms with Crippen LogP contribution in [0.2, 0.25) is 0 Å². The molecule has 1 aliphatic rings. The van der Waals surface area contributed by atoms with E-state index in [4.69, 9.17) is 0 Å². The third kappa shape index (κ3) is 2.44. The second kappa shape index (κ2) is 5.16. The summed E-state index contributed by atoms with van der Waals surface area (Å²) in [7, 11) is 0. The largest absolute Gasteiger partial charge is 0.286 e. The number of benzene rings is 1. The molecule has 4 heteroatoms. The SMILES string of the molecule is CCN=C1SCC(=O)N1Cc1ccccc1. The molecule has 0 bridgehead atoms. The van der Waals surface area contributed by atoms with E-state index in [0.717, 1.165) is 17.3 Å². The van der Waals surface area contributed by atoms with E-state index >= 15 is 0 Å². The van der Waals surface area contributed by atoms with E-state index in [1.54, 1.807) is 4.90 Å². The first kappa shape index (κ1) is 11.2. The zero-order valence-corrected chi connectivity index (χ0v) is 10.0. The monoisotopic (exact) mass is 234 g/mol. The van der Waals surface area contributed by atoms with Crippen molar-refractivity contribution >= 4 is 22.8 Å². The highest BCUT2D eigenvalue weighted by atomic mass is 32.2. The Bertz CT molecular complexity index is 403.